The van der Waals surface area contributed by atoms with E-state index < -0.39 is 34.3 Å². The Morgan fingerprint density at radius 3 is 2.26 bits per heavy atom. The molecule has 0 radical (unpaired) electrons. The van der Waals surface area contributed by atoms with E-state index in [2.05, 4.69) is 5.32 Å². The average molecular weight is 560 g/mol. The van der Waals surface area contributed by atoms with Crippen molar-refractivity contribution in [2.75, 3.05) is 23.7 Å². The van der Waals surface area contributed by atoms with Gasteiger partial charge >= 0.3 is 0 Å². The second kappa shape index (κ2) is 13.4. The smallest absolute Gasteiger partial charge is 0.244 e. The summed E-state index contributed by atoms with van der Waals surface area (Å²) in [6, 6.07) is 20.1. The van der Waals surface area contributed by atoms with Crippen LogP contribution in [0, 0.1) is 5.82 Å². The van der Waals surface area contributed by atoms with Crippen LogP contribution in [0.5, 0.6) is 0 Å². The van der Waals surface area contributed by atoms with Gasteiger partial charge in [-0.05, 0) is 47.9 Å². The molecule has 7 nitrogen and oxygen atoms in total. The summed E-state index contributed by atoms with van der Waals surface area (Å²) in [4.78, 5) is 28.6. The van der Waals surface area contributed by atoms with E-state index in [0.717, 1.165) is 16.1 Å². The summed E-state index contributed by atoms with van der Waals surface area (Å²) in [6.45, 7) is 1.76. The number of anilines is 1. The van der Waals surface area contributed by atoms with Crippen molar-refractivity contribution in [2.45, 2.75) is 32.4 Å². The molecule has 3 rings (SSSR count). The molecule has 2 amide bonds. The molecule has 0 bridgehead atoms. The Morgan fingerprint density at radius 1 is 0.974 bits per heavy atom. The van der Waals surface area contributed by atoms with Gasteiger partial charge in [0.25, 0.3) is 0 Å². The van der Waals surface area contributed by atoms with Crippen LogP contribution in [0.2, 0.25) is 5.02 Å². The lowest BCUT2D eigenvalue weighted by Gasteiger charge is -2.33. The van der Waals surface area contributed by atoms with Crippen molar-refractivity contribution in [3.8, 4) is 0 Å². The summed E-state index contributed by atoms with van der Waals surface area (Å²) in [7, 11) is -3.88. The Bertz CT molecular complexity index is 1340. The molecule has 0 aliphatic rings. The van der Waals surface area contributed by atoms with Crippen LogP contribution < -0.4 is 9.62 Å². The molecule has 1 atom stereocenters. The van der Waals surface area contributed by atoms with E-state index in [0.29, 0.717) is 23.6 Å². The van der Waals surface area contributed by atoms with Crippen LogP contribution in [0.15, 0.2) is 78.9 Å². The first kappa shape index (κ1) is 29.1. The summed E-state index contributed by atoms with van der Waals surface area (Å²) >= 11 is 6.09. The zero-order valence-corrected chi connectivity index (χ0v) is 22.9. The molecule has 1 N–H and O–H groups in total. The highest BCUT2D eigenvalue weighted by Gasteiger charge is 2.33. The summed E-state index contributed by atoms with van der Waals surface area (Å²) in [5.41, 5.74) is 1.65. The van der Waals surface area contributed by atoms with Gasteiger partial charge in [-0.15, -0.1) is 0 Å². The fourth-order valence-corrected chi connectivity index (χ4v) is 4.98. The normalized spacial score (nSPS) is 12.0. The Hall–Kier alpha value is -3.43. The van der Waals surface area contributed by atoms with E-state index in [1.807, 2.05) is 37.3 Å². The first-order valence-electron chi connectivity index (χ1n) is 12.2. The minimum Gasteiger partial charge on any atom is -0.354 e. The second-order valence-corrected chi connectivity index (χ2v) is 11.2. The fraction of sp³-hybridized carbons (Fsp3) is 0.286. The molecule has 0 fully saturated rings. The molecule has 0 aliphatic heterocycles. The van der Waals surface area contributed by atoms with Crippen LogP contribution in [0.25, 0.3) is 0 Å². The van der Waals surface area contributed by atoms with Crippen LogP contribution in [0.1, 0.15) is 24.5 Å². The highest BCUT2D eigenvalue weighted by Crippen LogP contribution is 2.23. The minimum absolute atomic E-state index is 0.0245. The maximum absolute atomic E-state index is 13.9. The Kier molecular flexibility index (Phi) is 10.3. The predicted octanol–water partition coefficient (Wildman–Crippen LogP) is 4.41. The van der Waals surface area contributed by atoms with Gasteiger partial charge in [0, 0.05) is 24.5 Å². The van der Waals surface area contributed by atoms with Gasteiger partial charge < -0.3 is 10.2 Å². The van der Waals surface area contributed by atoms with Gasteiger partial charge in [-0.25, -0.2) is 12.8 Å². The number of nitrogens with one attached hydrogen (secondary N) is 1. The van der Waals surface area contributed by atoms with Gasteiger partial charge in [0.2, 0.25) is 21.8 Å². The quantitative estimate of drug-likeness (QED) is 0.356. The van der Waals surface area contributed by atoms with Crippen molar-refractivity contribution in [1.82, 2.24) is 10.2 Å². The van der Waals surface area contributed by atoms with Crippen LogP contribution in [-0.2, 0) is 32.6 Å². The molecule has 1 unspecified atom stereocenters. The third kappa shape index (κ3) is 8.29. The molecule has 3 aromatic rings. The monoisotopic (exact) mass is 559 g/mol. The Balaban J connectivity index is 2.03. The number of carbonyl (C=O) groups excluding carboxylic acids is 2. The number of hydrogen-bond donors (Lipinski definition) is 1. The highest BCUT2D eigenvalue weighted by molar-refractivity contribution is 7.92. The number of hydrogen-bond acceptors (Lipinski definition) is 4. The summed E-state index contributed by atoms with van der Waals surface area (Å²) < 4.78 is 40.0. The van der Waals surface area contributed by atoms with Gasteiger partial charge in [-0.3, -0.25) is 13.9 Å². The SMILES string of the molecule is CCCNC(=O)C(Cc1ccccc1)N(Cc1ccc(F)cc1)C(=O)CN(c1cccc(Cl)c1)S(C)(=O)=O. The van der Waals surface area contributed by atoms with Gasteiger partial charge in [0.15, 0.2) is 0 Å². The van der Waals surface area contributed by atoms with Gasteiger partial charge in [-0.2, -0.15) is 0 Å². The number of halogens is 2. The van der Waals surface area contributed by atoms with Gasteiger partial charge in [0.05, 0.1) is 11.9 Å². The molecular formula is C28H31ClFN3O4S. The Labute approximate surface area is 228 Å². The average Bonchev–Trinajstić information content (AvgIpc) is 2.88. The lowest BCUT2D eigenvalue weighted by Crippen LogP contribution is -2.53. The highest BCUT2D eigenvalue weighted by atomic mass is 35.5. The molecule has 3 aromatic carbocycles. The zero-order valence-electron chi connectivity index (χ0n) is 21.3. The van der Waals surface area contributed by atoms with E-state index in [4.69, 9.17) is 11.6 Å². The van der Waals surface area contributed by atoms with Crippen LogP contribution in [0.4, 0.5) is 10.1 Å². The Morgan fingerprint density at radius 2 is 1.66 bits per heavy atom. The topological polar surface area (TPSA) is 86.8 Å². The molecule has 0 aliphatic carbocycles. The summed E-state index contributed by atoms with van der Waals surface area (Å²) in [5, 5.41) is 3.18. The van der Waals surface area contributed by atoms with Crippen molar-refractivity contribution < 1.29 is 22.4 Å². The molecule has 0 heterocycles. The molecule has 10 heteroatoms. The van der Waals surface area contributed by atoms with Crippen LogP contribution in [-0.4, -0.2) is 50.5 Å². The van der Waals surface area contributed by atoms with Gasteiger partial charge in [0.1, 0.15) is 18.4 Å². The maximum Gasteiger partial charge on any atom is 0.244 e. The summed E-state index contributed by atoms with van der Waals surface area (Å²) in [5.74, 6) is -1.38. The third-order valence-corrected chi connectivity index (χ3v) is 7.24. The number of carbonyl (C=O) groups is 2. The van der Waals surface area contributed by atoms with E-state index in [-0.39, 0.29) is 24.6 Å². The first-order chi connectivity index (χ1) is 18.1. The molecule has 0 saturated carbocycles. The van der Waals surface area contributed by atoms with E-state index in [9.17, 15) is 22.4 Å². The molecular weight excluding hydrogens is 529 g/mol. The fourth-order valence-electron chi connectivity index (χ4n) is 3.95. The molecule has 202 valence electrons. The zero-order chi connectivity index (χ0) is 27.7. The van der Waals surface area contributed by atoms with Crippen molar-refractivity contribution >= 4 is 39.1 Å². The predicted molar refractivity (Wildman–Crippen MR) is 148 cm³/mol. The number of amides is 2. The molecule has 0 spiro atoms. The minimum atomic E-state index is -3.88. The second-order valence-electron chi connectivity index (χ2n) is 8.89. The number of sulfonamides is 1. The summed E-state index contributed by atoms with van der Waals surface area (Å²) in [6.07, 6.45) is 1.91. The number of benzene rings is 3. The van der Waals surface area contributed by atoms with E-state index >= 15 is 0 Å². The van der Waals surface area contributed by atoms with Gasteiger partial charge in [-0.1, -0.05) is 67.1 Å². The van der Waals surface area contributed by atoms with Crippen LogP contribution >= 0.6 is 11.6 Å². The lowest BCUT2D eigenvalue weighted by atomic mass is 10.0. The van der Waals surface area contributed by atoms with E-state index in [1.54, 1.807) is 18.2 Å². The van der Waals surface area contributed by atoms with Crippen molar-refractivity contribution in [2.24, 2.45) is 0 Å². The van der Waals surface area contributed by atoms with Crippen LogP contribution in [0.3, 0.4) is 0 Å². The third-order valence-electron chi connectivity index (χ3n) is 5.86. The van der Waals surface area contributed by atoms with Crippen molar-refractivity contribution in [3.05, 3.63) is 101 Å². The first-order valence-corrected chi connectivity index (χ1v) is 14.4. The number of nitrogens with zero attached hydrogens (tertiary/aromatic N) is 2. The van der Waals surface area contributed by atoms with E-state index in [1.165, 1.54) is 35.2 Å². The lowest BCUT2D eigenvalue weighted by molar-refractivity contribution is -0.140. The molecule has 0 aromatic heterocycles. The maximum atomic E-state index is 13.9. The van der Waals surface area contributed by atoms with Crippen molar-refractivity contribution in [3.63, 3.8) is 0 Å². The largest absolute Gasteiger partial charge is 0.354 e. The molecule has 0 saturated heterocycles. The van der Waals surface area contributed by atoms with Crippen molar-refractivity contribution in [1.29, 1.82) is 0 Å². The molecule has 38 heavy (non-hydrogen) atoms. The number of rotatable bonds is 12. The standard InChI is InChI=1S/C28H31ClFN3O4S/c1-3-16-31-28(35)26(17-21-8-5-4-6-9-21)32(19-22-12-14-24(30)15-13-22)27(34)20-33(38(2,36)37)25-11-7-10-23(29)18-25/h4-15,18,26H,3,16-17,19-20H2,1-2H3,(H,31,35).